The molecule has 0 radical (unpaired) electrons. The molecule has 0 unspecified atom stereocenters. The van der Waals surface area contributed by atoms with Crippen LogP contribution in [0.5, 0.6) is 0 Å². The summed E-state index contributed by atoms with van der Waals surface area (Å²) in [6.45, 7) is 3.36. The molecule has 0 atom stereocenters. The van der Waals surface area contributed by atoms with E-state index in [1.807, 2.05) is 38.1 Å². The Bertz CT molecular complexity index is 1070. The van der Waals surface area contributed by atoms with E-state index < -0.39 is 18.5 Å². The minimum absolute atomic E-state index is 0.340. The number of nitrogens with zero attached hydrogens (tertiary/aromatic N) is 1. The van der Waals surface area contributed by atoms with Crippen molar-refractivity contribution in [2.24, 2.45) is 0 Å². The zero-order valence-corrected chi connectivity index (χ0v) is 16.9. The van der Waals surface area contributed by atoms with E-state index in [1.54, 1.807) is 12.1 Å². The third kappa shape index (κ3) is 4.26. The third-order valence-corrected chi connectivity index (χ3v) is 4.88. The Kier molecular flexibility index (Phi) is 6.17. The molecule has 0 bridgehead atoms. The van der Waals surface area contributed by atoms with Crippen LogP contribution in [-0.2, 0) is 16.0 Å². The Morgan fingerprint density at radius 1 is 1.14 bits per heavy atom. The van der Waals surface area contributed by atoms with Crippen LogP contribution in [0.3, 0.4) is 0 Å². The number of ether oxygens (including phenoxy) is 1. The third-order valence-electron chi connectivity index (χ3n) is 4.31. The number of halogens is 2. The van der Waals surface area contributed by atoms with Gasteiger partial charge in [0.05, 0.1) is 21.8 Å². The van der Waals surface area contributed by atoms with Crippen molar-refractivity contribution in [3.05, 3.63) is 69.3 Å². The predicted molar refractivity (Wildman–Crippen MR) is 111 cm³/mol. The molecule has 3 aromatic rings. The number of aryl methyl sites for hydroxylation is 1. The van der Waals surface area contributed by atoms with E-state index in [1.165, 1.54) is 6.07 Å². The van der Waals surface area contributed by atoms with Gasteiger partial charge in [-0.15, -0.1) is 0 Å². The topological polar surface area (TPSA) is 68.3 Å². The molecule has 1 heterocycles. The average molecular weight is 417 g/mol. The quantitative estimate of drug-likeness (QED) is 0.579. The second-order valence-electron chi connectivity index (χ2n) is 6.18. The highest BCUT2D eigenvalue weighted by atomic mass is 35.5. The van der Waals surface area contributed by atoms with Gasteiger partial charge < -0.3 is 10.1 Å². The molecule has 1 amide bonds. The molecule has 0 aliphatic carbocycles. The van der Waals surface area contributed by atoms with Gasteiger partial charge in [-0.1, -0.05) is 48.3 Å². The number of fused-ring (bicyclic) bond motifs is 1. The molecular formula is C21H18Cl2N2O3. The summed E-state index contributed by atoms with van der Waals surface area (Å²) < 4.78 is 5.27. The first kappa shape index (κ1) is 20.1. The Morgan fingerprint density at radius 2 is 1.89 bits per heavy atom. The number of rotatable bonds is 5. The van der Waals surface area contributed by atoms with Crippen molar-refractivity contribution in [2.45, 2.75) is 20.3 Å². The maximum atomic E-state index is 12.7. The molecule has 0 saturated heterocycles. The number of esters is 1. The van der Waals surface area contributed by atoms with Gasteiger partial charge in [-0.05, 0) is 43.2 Å². The Balaban J connectivity index is 1.79. The maximum absolute atomic E-state index is 12.7. The molecule has 7 heteroatoms. The fourth-order valence-corrected chi connectivity index (χ4v) is 3.29. The molecule has 2 aromatic carbocycles. The van der Waals surface area contributed by atoms with Crippen LogP contribution in [-0.4, -0.2) is 23.5 Å². The van der Waals surface area contributed by atoms with Gasteiger partial charge in [-0.2, -0.15) is 0 Å². The summed E-state index contributed by atoms with van der Waals surface area (Å²) in [6.07, 6.45) is 0.685. The van der Waals surface area contributed by atoms with Crippen LogP contribution in [0.25, 0.3) is 10.9 Å². The summed E-state index contributed by atoms with van der Waals surface area (Å²) >= 11 is 11.9. The summed E-state index contributed by atoms with van der Waals surface area (Å²) in [5, 5.41) is 4.06. The van der Waals surface area contributed by atoms with Gasteiger partial charge in [0.1, 0.15) is 0 Å². The zero-order chi connectivity index (χ0) is 20.3. The lowest BCUT2D eigenvalue weighted by Crippen LogP contribution is -2.22. The summed E-state index contributed by atoms with van der Waals surface area (Å²) in [5.74, 6) is -1.08. The number of amides is 1. The Hall–Kier alpha value is -2.63. The standard InChI is InChI=1S/C21H18Cl2N2O3/c1-3-16-12(2)20(14-6-4-5-7-17(14)24-16)21(27)28-11-19(26)25-18-10-13(22)8-9-15(18)23/h4-10H,3,11H2,1-2H3,(H,25,26). The first-order valence-corrected chi connectivity index (χ1v) is 9.46. The van der Waals surface area contributed by atoms with Crippen molar-refractivity contribution >= 4 is 51.7 Å². The lowest BCUT2D eigenvalue weighted by atomic mass is 10.0. The fourth-order valence-electron chi connectivity index (χ4n) is 2.95. The summed E-state index contributed by atoms with van der Waals surface area (Å²) in [5.41, 5.74) is 3.07. The highest BCUT2D eigenvalue weighted by molar-refractivity contribution is 6.35. The summed E-state index contributed by atoms with van der Waals surface area (Å²) in [7, 11) is 0. The summed E-state index contributed by atoms with van der Waals surface area (Å²) in [6, 6.07) is 12.1. The van der Waals surface area contributed by atoms with Crippen LogP contribution in [0.1, 0.15) is 28.5 Å². The van der Waals surface area contributed by atoms with Gasteiger partial charge in [0, 0.05) is 16.1 Å². The molecule has 5 nitrogen and oxygen atoms in total. The second kappa shape index (κ2) is 8.59. The van der Waals surface area contributed by atoms with E-state index in [0.29, 0.717) is 38.6 Å². The first-order valence-electron chi connectivity index (χ1n) is 8.71. The molecular weight excluding hydrogens is 399 g/mol. The normalized spacial score (nSPS) is 10.7. The molecule has 28 heavy (non-hydrogen) atoms. The van der Waals surface area contributed by atoms with Crippen LogP contribution >= 0.6 is 23.2 Å². The number of carbonyl (C=O) groups is 2. The van der Waals surface area contributed by atoms with Crippen molar-refractivity contribution < 1.29 is 14.3 Å². The van der Waals surface area contributed by atoms with E-state index in [-0.39, 0.29) is 0 Å². The molecule has 144 valence electrons. The smallest absolute Gasteiger partial charge is 0.339 e. The number of anilines is 1. The van der Waals surface area contributed by atoms with Gasteiger partial charge in [0.2, 0.25) is 0 Å². The summed E-state index contributed by atoms with van der Waals surface area (Å²) in [4.78, 5) is 29.5. The number of para-hydroxylation sites is 1. The van der Waals surface area contributed by atoms with Crippen molar-refractivity contribution in [1.82, 2.24) is 4.98 Å². The lowest BCUT2D eigenvalue weighted by molar-refractivity contribution is -0.119. The van der Waals surface area contributed by atoms with Crippen molar-refractivity contribution in [2.75, 3.05) is 11.9 Å². The molecule has 1 N–H and O–H groups in total. The minimum Gasteiger partial charge on any atom is -0.452 e. The molecule has 1 aromatic heterocycles. The Morgan fingerprint density at radius 3 is 2.64 bits per heavy atom. The van der Waals surface area contributed by atoms with Crippen molar-refractivity contribution in [3.63, 3.8) is 0 Å². The van der Waals surface area contributed by atoms with Gasteiger partial charge in [-0.3, -0.25) is 9.78 Å². The highest BCUT2D eigenvalue weighted by Gasteiger charge is 2.19. The van der Waals surface area contributed by atoms with Crippen LogP contribution in [0.15, 0.2) is 42.5 Å². The van der Waals surface area contributed by atoms with Crippen molar-refractivity contribution in [1.29, 1.82) is 0 Å². The number of hydrogen-bond acceptors (Lipinski definition) is 4. The predicted octanol–water partition coefficient (Wildman–Crippen LogP) is 5.21. The zero-order valence-electron chi connectivity index (χ0n) is 15.4. The molecule has 0 aliphatic heterocycles. The molecule has 0 aliphatic rings. The van der Waals surface area contributed by atoms with Gasteiger partial charge in [0.15, 0.2) is 6.61 Å². The van der Waals surface area contributed by atoms with Crippen LogP contribution in [0.2, 0.25) is 10.0 Å². The molecule has 0 spiro atoms. The maximum Gasteiger partial charge on any atom is 0.339 e. The number of nitrogens with one attached hydrogen (secondary N) is 1. The molecule has 3 rings (SSSR count). The van der Waals surface area contributed by atoms with E-state index in [4.69, 9.17) is 27.9 Å². The van der Waals surface area contributed by atoms with Crippen LogP contribution < -0.4 is 5.32 Å². The average Bonchev–Trinajstić information content (AvgIpc) is 2.68. The minimum atomic E-state index is -0.571. The van der Waals surface area contributed by atoms with E-state index in [9.17, 15) is 9.59 Å². The number of benzene rings is 2. The monoisotopic (exact) mass is 416 g/mol. The Labute approximate surface area is 172 Å². The molecule has 0 saturated carbocycles. The van der Waals surface area contributed by atoms with Crippen LogP contribution in [0.4, 0.5) is 5.69 Å². The second-order valence-corrected chi connectivity index (χ2v) is 7.02. The number of pyridine rings is 1. The highest BCUT2D eigenvalue weighted by Crippen LogP contribution is 2.26. The number of carbonyl (C=O) groups excluding carboxylic acids is 2. The number of hydrogen-bond donors (Lipinski definition) is 1. The van der Waals surface area contributed by atoms with Gasteiger partial charge >= 0.3 is 5.97 Å². The molecule has 0 fully saturated rings. The first-order chi connectivity index (χ1) is 13.4. The van der Waals surface area contributed by atoms with E-state index >= 15 is 0 Å². The van der Waals surface area contributed by atoms with Gasteiger partial charge in [-0.25, -0.2) is 4.79 Å². The number of aromatic nitrogens is 1. The van der Waals surface area contributed by atoms with E-state index in [2.05, 4.69) is 10.3 Å². The largest absolute Gasteiger partial charge is 0.452 e. The van der Waals surface area contributed by atoms with Crippen LogP contribution in [0, 0.1) is 6.92 Å². The van der Waals surface area contributed by atoms with Crippen molar-refractivity contribution in [3.8, 4) is 0 Å². The lowest BCUT2D eigenvalue weighted by Gasteiger charge is -2.13. The SMILES string of the molecule is CCc1nc2ccccc2c(C(=O)OCC(=O)Nc2cc(Cl)ccc2Cl)c1C. The van der Waals surface area contributed by atoms with Gasteiger partial charge in [0.25, 0.3) is 5.91 Å². The van der Waals surface area contributed by atoms with E-state index in [0.717, 1.165) is 11.3 Å². The fraction of sp³-hybridized carbons (Fsp3) is 0.190.